The SMILES string of the molecule is Cc1nc(N)ncc1C(=O)N1CCCC(c2ccc(C(=O)N3CCCC3)cn2)C1. The standard InChI is InChI=1S/C21H26N6O2/c1-14-17(12-24-21(22)25-14)20(29)27-10-4-5-16(13-27)18-7-6-15(11-23-18)19(28)26-8-2-3-9-26/h6-7,11-12,16H,2-5,8-10,13H2,1H3,(H2,22,24,25). The summed E-state index contributed by atoms with van der Waals surface area (Å²) < 4.78 is 0. The van der Waals surface area contributed by atoms with Gasteiger partial charge in [0.1, 0.15) is 0 Å². The minimum absolute atomic E-state index is 0.0563. The molecular weight excluding hydrogens is 368 g/mol. The van der Waals surface area contributed by atoms with E-state index < -0.39 is 0 Å². The Morgan fingerprint density at radius 2 is 1.76 bits per heavy atom. The first kappa shape index (κ1) is 19.3. The van der Waals surface area contributed by atoms with Crippen LogP contribution in [0.4, 0.5) is 5.95 Å². The summed E-state index contributed by atoms with van der Waals surface area (Å²) in [5.41, 5.74) is 8.23. The van der Waals surface area contributed by atoms with Gasteiger partial charge in [-0.2, -0.15) is 0 Å². The molecule has 0 saturated carbocycles. The van der Waals surface area contributed by atoms with Gasteiger partial charge >= 0.3 is 0 Å². The second kappa shape index (κ2) is 8.14. The van der Waals surface area contributed by atoms with Gasteiger partial charge in [0.25, 0.3) is 11.8 Å². The van der Waals surface area contributed by atoms with Crippen molar-refractivity contribution in [3.05, 3.63) is 47.0 Å². The highest BCUT2D eigenvalue weighted by Gasteiger charge is 2.28. The van der Waals surface area contributed by atoms with Crippen molar-refractivity contribution < 1.29 is 9.59 Å². The molecule has 2 aliphatic rings. The fourth-order valence-corrected chi connectivity index (χ4v) is 4.14. The lowest BCUT2D eigenvalue weighted by atomic mass is 9.93. The van der Waals surface area contributed by atoms with Crippen LogP contribution in [0.1, 0.15) is 63.7 Å². The number of carbonyl (C=O) groups excluding carboxylic acids is 2. The van der Waals surface area contributed by atoms with E-state index in [2.05, 4.69) is 15.0 Å². The normalized spacial score (nSPS) is 19.4. The fraction of sp³-hybridized carbons (Fsp3) is 0.476. The van der Waals surface area contributed by atoms with Gasteiger partial charge in [-0.3, -0.25) is 14.6 Å². The van der Waals surface area contributed by atoms with Crippen LogP contribution in [0.15, 0.2) is 24.5 Å². The molecule has 1 atom stereocenters. The molecule has 1 unspecified atom stereocenters. The van der Waals surface area contributed by atoms with Gasteiger partial charge in [-0.05, 0) is 44.7 Å². The summed E-state index contributed by atoms with van der Waals surface area (Å²) in [5.74, 6) is 0.302. The maximum absolute atomic E-state index is 12.9. The van der Waals surface area contributed by atoms with E-state index in [1.165, 1.54) is 6.20 Å². The molecule has 2 aromatic heterocycles. The molecule has 29 heavy (non-hydrogen) atoms. The number of pyridine rings is 1. The largest absolute Gasteiger partial charge is 0.368 e. The third kappa shape index (κ3) is 4.06. The van der Waals surface area contributed by atoms with Crippen LogP contribution < -0.4 is 5.73 Å². The second-order valence-electron chi connectivity index (χ2n) is 7.79. The Hall–Kier alpha value is -3.03. The van der Waals surface area contributed by atoms with Gasteiger partial charge in [0.2, 0.25) is 5.95 Å². The smallest absolute Gasteiger partial charge is 0.257 e. The van der Waals surface area contributed by atoms with Gasteiger partial charge in [0.05, 0.1) is 16.8 Å². The third-order valence-electron chi connectivity index (χ3n) is 5.78. The number of rotatable bonds is 3. The number of hydrogen-bond acceptors (Lipinski definition) is 6. The monoisotopic (exact) mass is 394 g/mol. The van der Waals surface area contributed by atoms with Crippen LogP contribution in [0, 0.1) is 6.92 Å². The van der Waals surface area contributed by atoms with Crippen molar-refractivity contribution in [2.45, 2.75) is 38.5 Å². The number of nitrogen functional groups attached to an aromatic ring is 1. The van der Waals surface area contributed by atoms with E-state index in [1.807, 2.05) is 21.9 Å². The molecule has 152 valence electrons. The molecule has 2 amide bonds. The van der Waals surface area contributed by atoms with E-state index in [0.717, 1.165) is 44.5 Å². The molecule has 2 saturated heterocycles. The van der Waals surface area contributed by atoms with E-state index in [-0.39, 0.29) is 23.7 Å². The first-order valence-corrected chi connectivity index (χ1v) is 10.2. The highest BCUT2D eigenvalue weighted by atomic mass is 16.2. The predicted octanol–water partition coefficient (Wildman–Crippen LogP) is 2.02. The Balaban J connectivity index is 1.45. The van der Waals surface area contributed by atoms with Gasteiger partial charge < -0.3 is 15.5 Å². The summed E-state index contributed by atoms with van der Waals surface area (Å²) in [7, 11) is 0. The summed E-state index contributed by atoms with van der Waals surface area (Å²) >= 11 is 0. The lowest BCUT2D eigenvalue weighted by Gasteiger charge is -2.32. The highest BCUT2D eigenvalue weighted by Crippen LogP contribution is 2.27. The molecule has 2 aliphatic heterocycles. The number of aromatic nitrogens is 3. The van der Waals surface area contributed by atoms with Crippen molar-refractivity contribution in [3.8, 4) is 0 Å². The lowest BCUT2D eigenvalue weighted by molar-refractivity contribution is 0.0704. The molecule has 4 rings (SSSR count). The molecule has 0 aromatic carbocycles. The molecule has 2 N–H and O–H groups in total. The van der Waals surface area contributed by atoms with Crippen LogP contribution in [-0.2, 0) is 0 Å². The maximum atomic E-state index is 12.9. The van der Waals surface area contributed by atoms with Gasteiger partial charge in [-0.1, -0.05) is 0 Å². The number of aryl methyl sites for hydroxylation is 1. The summed E-state index contributed by atoms with van der Waals surface area (Å²) in [6.07, 6.45) is 7.19. The summed E-state index contributed by atoms with van der Waals surface area (Å²) in [5, 5.41) is 0. The lowest BCUT2D eigenvalue weighted by Crippen LogP contribution is -2.39. The van der Waals surface area contributed by atoms with Crippen molar-refractivity contribution >= 4 is 17.8 Å². The fourth-order valence-electron chi connectivity index (χ4n) is 4.14. The van der Waals surface area contributed by atoms with Crippen molar-refractivity contribution in [2.75, 3.05) is 31.9 Å². The zero-order valence-corrected chi connectivity index (χ0v) is 16.7. The van der Waals surface area contributed by atoms with Crippen molar-refractivity contribution in [1.29, 1.82) is 0 Å². The van der Waals surface area contributed by atoms with Crippen LogP contribution in [0.2, 0.25) is 0 Å². The van der Waals surface area contributed by atoms with Crippen LogP contribution in [0.25, 0.3) is 0 Å². The van der Waals surface area contributed by atoms with Gasteiger partial charge in [0.15, 0.2) is 0 Å². The number of nitrogens with two attached hydrogens (primary N) is 1. The first-order chi connectivity index (χ1) is 14.0. The highest BCUT2D eigenvalue weighted by molar-refractivity contribution is 5.95. The van der Waals surface area contributed by atoms with Crippen LogP contribution in [-0.4, -0.2) is 62.7 Å². The second-order valence-corrected chi connectivity index (χ2v) is 7.79. The average Bonchev–Trinajstić information content (AvgIpc) is 3.28. The number of piperidine rings is 1. The van der Waals surface area contributed by atoms with Crippen LogP contribution >= 0.6 is 0 Å². The Labute approximate surface area is 170 Å². The molecule has 0 bridgehead atoms. The third-order valence-corrected chi connectivity index (χ3v) is 5.78. The average molecular weight is 394 g/mol. The Morgan fingerprint density at radius 3 is 2.45 bits per heavy atom. The molecule has 0 aliphatic carbocycles. The molecule has 2 aromatic rings. The van der Waals surface area contributed by atoms with Crippen LogP contribution in [0.5, 0.6) is 0 Å². The van der Waals surface area contributed by atoms with Gasteiger partial charge in [0, 0.05) is 50.2 Å². The van der Waals surface area contributed by atoms with Gasteiger partial charge in [-0.25, -0.2) is 9.97 Å². The number of hydrogen-bond donors (Lipinski definition) is 1. The number of anilines is 1. The number of amides is 2. The molecule has 2 fully saturated rings. The van der Waals surface area contributed by atoms with E-state index in [1.54, 1.807) is 13.1 Å². The van der Waals surface area contributed by atoms with Crippen molar-refractivity contribution in [2.24, 2.45) is 0 Å². The Bertz CT molecular complexity index is 908. The quantitative estimate of drug-likeness (QED) is 0.854. The number of likely N-dealkylation sites (tertiary alicyclic amines) is 2. The zero-order valence-electron chi connectivity index (χ0n) is 16.7. The van der Waals surface area contributed by atoms with Gasteiger partial charge in [-0.15, -0.1) is 0 Å². The summed E-state index contributed by atoms with van der Waals surface area (Å²) in [4.78, 5) is 41.8. The number of nitrogens with zero attached hydrogens (tertiary/aromatic N) is 5. The topological polar surface area (TPSA) is 105 Å². The van der Waals surface area contributed by atoms with E-state index in [9.17, 15) is 9.59 Å². The maximum Gasteiger partial charge on any atom is 0.257 e. The molecule has 0 spiro atoms. The number of carbonyl (C=O) groups is 2. The summed E-state index contributed by atoms with van der Waals surface area (Å²) in [6.45, 7) is 4.72. The minimum atomic E-state index is -0.0759. The van der Waals surface area contributed by atoms with Crippen LogP contribution in [0.3, 0.4) is 0 Å². The van der Waals surface area contributed by atoms with Crippen molar-refractivity contribution in [3.63, 3.8) is 0 Å². The molecule has 0 radical (unpaired) electrons. The predicted molar refractivity (Wildman–Crippen MR) is 108 cm³/mol. The molecular formula is C21H26N6O2. The molecule has 4 heterocycles. The van der Waals surface area contributed by atoms with Crippen molar-refractivity contribution in [1.82, 2.24) is 24.8 Å². The van der Waals surface area contributed by atoms with E-state index in [4.69, 9.17) is 5.73 Å². The minimum Gasteiger partial charge on any atom is -0.368 e. The van der Waals surface area contributed by atoms with E-state index in [0.29, 0.717) is 29.9 Å². The van der Waals surface area contributed by atoms with E-state index >= 15 is 0 Å². The molecule has 8 nitrogen and oxygen atoms in total. The Kier molecular flexibility index (Phi) is 5.42. The summed E-state index contributed by atoms with van der Waals surface area (Å²) in [6, 6.07) is 3.79. The molecule has 8 heteroatoms. The zero-order chi connectivity index (χ0) is 20.4. The Morgan fingerprint density at radius 1 is 1.00 bits per heavy atom. The first-order valence-electron chi connectivity index (χ1n) is 10.2.